The number of carbonyl (C=O) groups is 1. The first-order valence-corrected chi connectivity index (χ1v) is 6.34. The Morgan fingerprint density at radius 2 is 1.88 bits per heavy atom. The monoisotopic (exact) mass is 262 g/mol. The lowest BCUT2D eigenvalue weighted by Crippen LogP contribution is -2.55. The molecule has 2 heterocycles. The Morgan fingerprint density at radius 3 is 2.41 bits per heavy atom. The molecule has 0 spiro atoms. The van der Waals surface area contributed by atoms with Crippen LogP contribution in [0.25, 0.3) is 0 Å². The maximum Gasteiger partial charge on any atom is 0.239 e. The van der Waals surface area contributed by atoms with Gasteiger partial charge in [0.25, 0.3) is 0 Å². The molecule has 5 heteroatoms. The van der Waals surface area contributed by atoms with Gasteiger partial charge >= 0.3 is 0 Å². The number of piperidine rings is 1. The van der Waals surface area contributed by atoms with Crippen LogP contribution in [0.3, 0.4) is 0 Å². The van der Waals surface area contributed by atoms with Crippen molar-refractivity contribution in [2.45, 2.75) is 51.4 Å². The Hall–Kier alpha value is -0.320. The Kier molecular flexibility index (Phi) is 5.70. The zero-order valence-corrected chi connectivity index (χ0v) is 11.5. The predicted molar refractivity (Wildman–Crippen MR) is 69.5 cm³/mol. The topological polar surface area (TPSA) is 41.6 Å². The van der Waals surface area contributed by atoms with E-state index >= 15 is 0 Å². The van der Waals surface area contributed by atoms with E-state index in [-0.39, 0.29) is 36.6 Å². The van der Waals surface area contributed by atoms with Gasteiger partial charge in [-0.15, -0.1) is 12.4 Å². The van der Waals surface area contributed by atoms with Crippen LogP contribution in [-0.4, -0.2) is 48.7 Å². The summed E-state index contributed by atoms with van der Waals surface area (Å²) in [6, 6.07) is 0.0475. The second-order valence-electron chi connectivity index (χ2n) is 5.00. The van der Waals surface area contributed by atoms with Crippen LogP contribution >= 0.6 is 12.4 Å². The van der Waals surface area contributed by atoms with Gasteiger partial charge in [-0.3, -0.25) is 4.79 Å². The van der Waals surface area contributed by atoms with Crippen LogP contribution < -0.4 is 5.32 Å². The summed E-state index contributed by atoms with van der Waals surface area (Å²) in [5.41, 5.74) is 0. The smallest absolute Gasteiger partial charge is 0.239 e. The molecule has 4 nitrogen and oxygen atoms in total. The van der Waals surface area contributed by atoms with Gasteiger partial charge in [0.15, 0.2) is 0 Å². The molecule has 2 rings (SSSR count). The van der Waals surface area contributed by atoms with Crippen LogP contribution in [0.1, 0.15) is 33.1 Å². The number of morpholine rings is 1. The number of amides is 1. The lowest BCUT2D eigenvalue weighted by Gasteiger charge is -2.38. The highest BCUT2D eigenvalue weighted by Gasteiger charge is 2.30. The van der Waals surface area contributed by atoms with Crippen molar-refractivity contribution in [1.29, 1.82) is 0 Å². The molecule has 0 saturated carbocycles. The minimum Gasteiger partial charge on any atom is -0.372 e. The Balaban J connectivity index is 0.00000144. The molecular weight excluding hydrogens is 240 g/mol. The molecular formula is C12H23ClN2O2. The highest BCUT2D eigenvalue weighted by molar-refractivity contribution is 5.85. The van der Waals surface area contributed by atoms with Crippen molar-refractivity contribution < 1.29 is 9.53 Å². The number of halogens is 1. The van der Waals surface area contributed by atoms with Crippen LogP contribution in [-0.2, 0) is 9.53 Å². The molecule has 1 amide bonds. The summed E-state index contributed by atoms with van der Waals surface area (Å²) in [5.74, 6) is 0.265. The summed E-state index contributed by atoms with van der Waals surface area (Å²) in [6.07, 6.45) is 3.67. The molecule has 0 bridgehead atoms. The first kappa shape index (κ1) is 14.7. The first-order valence-electron chi connectivity index (χ1n) is 6.34. The fourth-order valence-electron chi connectivity index (χ4n) is 2.64. The van der Waals surface area contributed by atoms with E-state index in [0.717, 1.165) is 26.1 Å². The normalized spacial score (nSPS) is 34.0. The van der Waals surface area contributed by atoms with E-state index in [1.807, 2.05) is 18.7 Å². The fourth-order valence-corrected chi connectivity index (χ4v) is 2.64. The molecule has 0 unspecified atom stereocenters. The van der Waals surface area contributed by atoms with Gasteiger partial charge in [-0.25, -0.2) is 0 Å². The number of rotatable bonds is 1. The molecule has 2 aliphatic heterocycles. The number of hydrogen-bond donors (Lipinski definition) is 1. The van der Waals surface area contributed by atoms with E-state index in [2.05, 4.69) is 5.32 Å². The van der Waals surface area contributed by atoms with Crippen molar-refractivity contribution in [3.8, 4) is 0 Å². The molecule has 0 aliphatic carbocycles. The fraction of sp³-hybridized carbons (Fsp3) is 0.917. The van der Waals surface area contributed by atoms with Crippen molar-refractivity contribution in [3.63, 3.8) is 0 Å². The number of nitrogens with one attached hydrogen (secondary N) is 1. The highest BCUT2D eigenvalue weighted by Crippen LogP contribution is 2.15. The molecule has 0 aromatic heterocycles. The minimum absolute atomic E-state index is 0. The van der Waals surface area contributed by atoms with Crippen LogP contribution in [0.4, 0.5) is 0 Å². The number of carbonyl (C=O) groups excluding carboxylic acids is 1. The quantitative estimate of drug-likeness (QED) is 0.772. The molecule has 100 valence electrons. The maximum atomic E-state index is 12.3. The van der Waals surface area contributed by atoms with Gasteiger partial charge in [-0.1, -0.05) is 6.42 Å². The van der Waals surface area contributed by atoms with E-state index in [9.17, 15) is 4.79 Å². The molecule has 0 radical (unpaired) electrons. The molecule has 1 N–H and O–H groups in total. The third kappa shape index (κ3) is 3.83. The number of hydrogen-bond acceptors (Lipinski definition) is 3. The number of ether oxygens (including phenoxy) is 1. The second-order valence-corrected chi connectivity index (χ2v) is 5.00. The zero-order valence-electron chi connectivity index (χ0n) is 10.6. The summed E-state index contributed by atoms with van der Waals surface area (Å²) < 4.78 is 5.64. The standard InChI is InChI=1S/C12H22N2O2.ClH/c1-9-7-14(8-10(2)16-9)12(15)11-5-3-4-6-13-11;/h9-11,13H,3-8H2,1-2H3;1H/t9-,10+,11-;/m1./s1. The largest absolute Gasteiger partial charge is 0.372 e. The summed E-state index contributed by atoms with van der Waals surface area (Å²) >= 11 is 0. The van der Waals surface area contributed by atoms with Crippen LogP contribution in [0, 0.1) is 0 Å². The van der Waals surface area contributed by atoms with Gasteiger partial charge in [0, 0.05) is 13.1 Å². The molecule has 2 saturated heterocycles. The van der Waals surface area contributed by atoms with Gasteiger partial charge in [0.05, 0.1) is 18.2 Å². The van der Waals surface area contributed by atoms with E-state index < -0.39 is 0 Å². The SMILES string of the molecule is C[C@@H]1CN(C(=O)[C@H]2CCCCN2)C[C@H](C)O1.Cl. The Labute approximate surface area is 109 Å². The van der Waals surface area contributed by atoms with Crippen LogP contribution in [0.2, 0.25) is 0 Å². The van der Waals surface area contributed by atoms with Crippen molar-refractivity contribution in [2.75, 3.05) is 19.6 Å². The minimum atomic E-state index is 0. The summed E-state index contributed by atoms with van der Waals surface area (Å²) in [4.78, 5) is 14.2. The molecule has 3 atom stereocenters. The van der Waals surface area contributed by atoms with E-state index in [1.165, 1.54) is 12.8 Å². The first-order chi connectivity index (χ1) is 7.66. The average Bonchev–Trinajstić information content (AvgIpc) is 2.28. The lowest BCUT2D eigenvalue weighted by molar-refractivity contribution is -0.145. The highest BCUT2D eigenvalue weighted by atomic mass is 35.5. The van der Waals surface area contributed by atoms with Gasteiger partial charge in [-0.2, -0.15) is 0 Å². The Bertz CT molecular complexity index is 247. The summed E-state index contributed by atoms with van der Waals surface area (Å²) in [6.45, 7) is 6.52. The van der Waals surface area contributed by atoms with Crippen molar-refractivity contribution >= 4 is 18.3 Å². The zero-order chi connectivity index (χ0) is 11.5. The molecule has 2 fully saturated rings. The Morgan fingerprint density at radius 1 is 1.24 bits per heavy atom. The van der Waals surface area contributed by atoms with Gasteiger partial charge in [0.2, 0.25) is 5.91 Å². The van der Waals surface area contributed by atoms with Crippen LogP contribution in [0.5, 0.6) is 0 Å². The summed E-state index contributed by atoms with van der Waals surface area (Å²) in [5, 5.41) is 3.31. The van der Waals surface area contributed by atoms with Gasteiger partial charge < -0.3 is 15.0 Å². The van der Waals surface area contributed by atoms with E-state index in [1.54, 1.807) is 0 Å². The number of nitrogens with zero attached hydrogens (tertiary/aromatic N) is 1. The lowest BCUT2D eigenvalue weighted by atomic mass is 10.0. The van der Waals surface area contributed by atoms with E-state index in [0.29, 0.717) is 0 Å². The predicted octanol–water partition coefficient (Wildman–Crippen LogP) is 1.19. The van der Waals surface area contributed by atoms with Crippen molar-refractivity contribution in [2.24, 2.45) is 0 Å². The second kappa shape index (κ2) is 6.57. The van der Waals surface area contributed by atoms with Crippen molar-refractivity contribution in [1.82, 2.24) is 10.2 Å². The maximum absolute atomic E-state index is 12.3. The average molecular weight is 263 g/mol. The van der Waals surface area contributed by atoms with E-state index in [4.69, 9.17) is 4.74 Å². The molecule has 0 aromatic rings. The molecule has 2 aliphatic rings. The third-order valence-corrected chi connectivity index (χ3v) is 3.34. The third-order valence-electron chi connectivity index (χ3n) is 3.34. The molecule has 0 aromatic carbocycles. The van der Waals surface area contributed by atoms with Crippen molar-refractivity contribution in [3.05, 3.63) is 0 Å². The van der Waals surface area contributed by atoms with Gasteiger partial charge in [0.1, 0.15) is 0 Å². The summed E-state index contributed by atoms with van der Waals surface area (Å²) in [7, 11) is 0. The molecule has 17 heavy (non-hydrogen) atoms. The van der Waals surface area contributed by atoms with Gasteiger partial charge in [-0.05, 0) is 33.2 Å². The van der Waals surface area contributed by atoms with Crippen LogP contribution in [0.15, 0.2) is 0 Å².